The average Bonchev–Trinajstić information content (AvgIpc) is 2.73. The summed E-state index contributed by atoms with van der Waals surface area (Å²) in [5.74, 6) is 0.211. The van der Waals surface area contributed by atoms with E-state index >= 15 is 0 Å². The summed E-state index contributed by atoms with van der Waals surface area (Å²) in [4.78, 5) is 11.8. The molecule has 4 nitrogen and oxygen atoms in total. The highest BCUT2D eigenvalue weighted by atomic mass is 16.3. The monoisotopic (exact) mass is 212 g/mol. The van der Waals surface area contributed by atoms with Gasteiger partial charge in [0.25, 0.3) is 0 Å². The van der Waals surface area contributed by atoms with Crippen molar-refractivity contribution in [2.45, 2.75) is 50.8 Å². The number of rotatable bonds is 3. The maximum atomic E-state index is 11.8. The summed E-state index contributed by atoms with van der Waals surface area (Å²) in [6, 6.07) is 0.921. The number of nitrogens with one attached hydrogen (secondary N) is 2. The minimum absolute atomic E-state index is 0.0943. The zero-order valence-electron chi connectivity index (χ0n) is 9.42. The van der Waals surface area contributed by atoms with E-state index in [1.165, 1.54) is 6.42 Å². The van der Waals surface area contributed by atoms with E-state index in [1.54, 1.807) is 13.8 Å². The molecule has 2 saturated heterocycles. The molecule has 0 radical (unpaired) electrons. The fraction of sp³-hybridized carbons (Fsp3) is 0.909. The van der Waals surface area contributed by atoms with Crippen LogP contribution in [0, 0.1) is 5.92 Å². The zero-order valence-corrected chi connectivity index (χ0v) is 9.42. The lowest BCUT2D eigenvalue weighted by molar-refractivity contribution is -0.126. The van der Waals surface area contributed by atoms with Crippen molar-refractivity contribution < 1.29 is 9.90 Å². The normalized spacial score (nSPS) is 34.5. The molecule has 0 aliphatic carbocycles. The molecule has 86 valence electrons. The van der Waals surface area contributed by atoms with Gasteiger partial charge < -0.3 is 15.7 Å². The van der Waals surface area contributed by atoms with Crippen molar-refractivity contribution in [2.24, 2.45) is 5.92 Å². The summed E-state index contributed by atoms with van der Waals surface area (Å²) in [6.45, 7) is 3.73. The van der Waals surface area contributed by atoms with Crippen LogP contribution < -0.4 is 10.6 Å². The SMILES string of the molecule is CC(C)(O)CNC(=O)C1CC2CCC1N2. The van der Waals surface area contributed by atoms with Gasteiger partial charge in [-0.1, -0.05) is 0 Å². The van der Waals surface area contributed by atoms with E-state index in [9.17, 15) is 9.90 Å². The van der Waals surface area contributed by atoms with Crippen LogP contribution in [0.4, 0.5) is 0 Å². The first-order chi connectivity index (χ1) is 6.96. The number of amides is 1. The Morgan fingerprint density at radius 3 is 2.73 bits per heavy atom. The maximum Gasteiger partial charge on any atom is 0.224 e. The van der Waals surface area contributed by atoms with Gasteiger partial charge in [0.2, 0.25) is 5.91 Å². The molecule has 2 aliphatic heterocycles. The van der Waals surface area contributed by atoms with Crippen molar-refractivity contribution in [2.75, 3.05) is 6.54 Å². The van der Waals surface area contributed by atoms with Gasteiger partial charge in [-0.15, -0.1) is 0 Å². The van der Waals surface area contributed by atoms with Gasteiger partial charge in [-0.2, -0.15) is 0 Å². The standard InChI is InChI=1S/C11H20N2O2/c1-11(2,15)6-12-10(14)8-5-7-3-4-9(8)13-7/h7-9,13,15H,3-6H2,1-2H3,(H,12,14). The van der Waals surface area contributed by atoms with Gasteiger partial charge in [0.15, 0.2) is 0 Å². The lowest BCUT2D eigenvalue weighted by Crippen LogP contribution is -2.43. The van der Waals surface area contributed by atoms with E-state index in [-0.39, 0.29) is 11.8 Å². The van der Waals surface area contributed by atoms with E-state index < -0.39 is 5.60 Å². The zero-order chi connectivity index (χ0) is 11.1. The van der Waals surface area contributed by atoms with Crippen molar-refractivity contribution in [3.05, 3.63) is 0 Å². The second-order valence-electron chi connectivity index (χ2n) is 5.42. The molecule has 2 fully saturated rings. The van der Waals surface area contributed by atoms with Crippen LogP contribution in [-0.4, -0.2) is 35.2 Å². The minimum Gasteiger partial charge on any atom is -0.389 e. The lowest BCUT2D eigenvalue weighted by atomic mass is 9.88. The van der Waals surface area contributed by atoms with Crippen LogP contribution in [0.5, 0.6) is 0 Å². The number of hydrogen-bond donors (Lipinski definition) is 3. The Bertz CT molecular complexity index is 260. The van der Waals surface area contributed by atoms with E-state index in [2.05, 4.69) is 10.6 Å². The van der Waals surface area contributed by atoms with Crippen molar-refractivity contribution in [3.8, 4) is 0 Å². The number of aliphatic hydroxyl groups is 1. The molecule has 1 amide bonds. The smallest absolute Gasteiger partial charge is 0.224 e. The number of carbonyl (C=O) groups is 1. The second kappa shape index (κ2) is 3.76. The van der Waals surface area contributed by atoms with Crippen molar-refractivity contribution >= 4 is 5.91 Å². The van der Waals surface area contributed by atoms with Crippen LogP contribution in [0.3, 0.4) is 0 Å². The third-order valence-electron chi connectivity index (χ3n) is 3.33. The molecule has 2 heterocycles. The van der Waals surface area contributed by atoms with Crippen LogP contribution in [0.15, 0.2) is 0 Å². The van der Waals surface area contributed by atoms with Crippen LogP contribution in [0.25, 0.3) is 0 Å². The lowest BCUT2D eigenvalue weighted by Gasteiger charge is -2.23. The molecule has 3 atom stereocenters. The highest BCUT2D eigenvalue weighted by Gasteiger charge is 2.42. The summed E-state index contributed by atoms with van der Waals surface area (Å²) in [7, 11) is 0. The van der Waals surface area contributed by atoms with Gasteiger partial charge in [-0.05, 0) is 33.1 Å². The van der Waals surface area contributed by atoms with E-state index in [0.717, 1.165) is 12.8 Å². The summed E-state index contributed by atoms with van der Waals surface area (Å²) in [5, 5.41) is 15.8. The third kappa shape index (κ3) is 2.49. The molecule has 0 aromatic carbocycles. The molecule has 2 rings (SSSR count). The minimum atomic E-state index is -0.819. The molecule has 3 unspecified atom stereocenters. The first-order valence-electron chi connectivity index (χ1n) is 5.72. The molecule has 2 aliphatic rings. The Labute approximate surface area is 90.4 Å². The van der Waals surface area contributed by atoms with E-state index in [0.29, 0.717) is 18.6 Å². The molecule has 15 heavy (non-hydrogen) atoms. The number of carbonyl (C=O) groups excluding carboxylic acids is 1. The van der Waals surface area contributed by atoms with E-state index in [1.807, 2.05) is 0 Å². The largest absolute Gasteiger partial charge is 0.389 e. The molecule has 2 bridgehead atoms. The molecule has 0 spiro atoms. The fourth-order valence-corrected chi connectivity index (χ4v) is 2.55. The Morgan fingerprint density at radius 2 is 2.27 bits per heavy atom. The number of hydrogen-bond acceptors (Lipinski definition) is 3. The van der Waals surface area contributed by atoms with Crippen molar-refractivity contribution in [1.29, 1.82) is 0 Å². The summed E-state index contributed by atoms with van der Waals surface area (Å²) < 4.78 is 0. The third-order valence-corrected chi connectivity index (χ3v) is 3.33. The Morgan fingerprint density at radius 1 is 1.53 bits per heavy atom. The van der Waals surface area contributed by atoms with Crippen LogP contribution in [-0.2, 0) is 4.79 Å². The van der Waals surface area contributed by atoms with Gasteiger partial charge >= 0.3 is 0 Å². The Hall–Kier alpha value is -0.610. The summed E-state index contributed by atoms with van der Waals surface area (Å²) >= 11 is 0. The molecule has 4 heteroatoms. The fourth-order valence-electron chi connectivity index (χ4n) is 2.55. The second-order valence-corrected chi connectivity index (χ2v) is 5.42. The first-order valence-corrected chi connectivity index (χ1v) is 5.72. The first kappa shape index (κ1) is 10.9. The Balaban J connectivity index is 1.82. The molecular weight excluding hydrogens is 192 g/mol. The van der Waals surface area contributed by atoms with Crippen molar-refractivity contribution in [1.82, 2.24) is 10.6 Å². The van der Waals surface area contributed by atoms with Gasteiger partial charge in [0.1, 0.15) is 0 Å². The molecule has 0 aromatic heterocycles. The molecular formula is C11H20N2O2. The van der Waals surface area contributed by atoms with Gasteiger partial charge in [0.05, 0.1) is 11.5 Å². The van der Waals surface area contributed by atoms with Crippen LogP contribution >= 0.6 is 0 Å². The van der Waals surface area contributed by atoms with Crippen LogP contribution in [0.2, 0.25) is 0 Å². The maximum absolute atomic E-state index is 11.8. The summed E-state index contributed by atoms with van der Waals surface area (Å²) in [5.41, 5.74) is -0.819. The van der Waals surface area contributed by atoms with Crippen LogP contribution in [0.1, 0.15) is 33.1 Å². The topological polar surface area (TPSA) is 61.4 Å². The highest BCUT2D eigenvalue weighted by molar-refractivity contribution is 5.80. The molecule has 0 saturated carbocycles. The summed E-state index contributed by atoms with van der Waals surface area (Å²) in [6.07, 6.45) is 3.29. The predicted molar refractivity (Wildman–Crippen MR) is 57.4 cm³/mol. The van der Waals surface area contributed by atoms with E-state index in [4.69, 9.17) is 0 Å². The van der Waals surface area contributed by atoms with Gasteiger partial charge in [-0.25, -0.2) is 0 Å². The Kier molecular flexibility index (Phi) is 2.73. The predicted octanol–water partition coefficient (Wildman–Crippen LogP) is 0.0140. The number of fused-ring (bicyclic) bond motifs is 2. The molecule has 0 aromatic rings. The quantitative estimate of drug-likeness (QED) is 0.618. The van der Waals surface area contributed by atoms with Gasteiger partial charge in [0, 0.05) is 18.6 Å². The van der Waals surface area contributed by atoms with Crippen molar-refractivity contribution in [3.63, 3.8) is 0 Å². The average molecular weight is 212 g/mol. The molecule has 3 N–H and O–H groups in total. The van der Waals surface area contributed by atoms with Gasteiger partial charge in [-0.3, -0.25) is 4.79 Å². The highest BCUT2D eigenvalue weighted by Crippen LogP contribution is 2.33.